The second-order valence-electron chi connectivity index (χ2n) is 4.81. The molecular weight excluding hydrogens is 241 g/mol. The number of benzene rings is 1. The van der Waals surface area contributed by atoms with Crippen LogP contribution in [0.5, 0.6) is 0 Å². The van der Waals surface area contributed by atoms with Crippen molar-refractivity contribution < 1.29 is 4.39 Å². The topological polar surface area (TPSA) is 29.9 Å². The Kier molecular flexibility index (Phi) is 4.32. The third kappa shape index (κ3) is 3.41. The summed E-state index contributed by atoms with van der Waals surface area (Å²) < 4.78 is 15.1. The van der Waals surface area contributed by atoms with Gasteiger partial charge in [0, 0.05) is 31.4 Å². The fourth-order valence-electron chi connectivity index (χ4n) is 2.28. The Hall–Kier alpha value is -1.68. The van der Waals surface area contributed by atoms with Crippen LogP contribution >= 0.6 is 0 Å². The largest absolute Gasteiger partial charge is 0.306 e. The van der Waals surface area contributed by atoms with Crippen LogP contribution < -0.4 is 5.32 Å². The number of nitrogens with zero attached hydrogens (tertiary/aromatic N) is 2. The summed E-state index contributed by atoms with van der Waals surface area (Å²) in [6.45, 7) is 4.84. The van der Waals surface area contributed by atoms with Crippen LogP contribution in [-0.2, 0) is 13.6 Å². The Labute approximate surface area is 113 Å². The van der Waals surface area contributed by atoms with E-state index in [0.29, 0.717) is 0 Å². The minimum absolute atomic E-state index is 0.162. The normalized spacial score (nSPS) is 12.6. The van der Waals surface area contributed by atoms with E-state index in [1.54, 1.807) is 12.1 Å². The molecule has 102 valence electrons. The molecule has 1 atom stereocenters. The summed E-state index contributed by atoms with van der Waals surface area (Å²) >= 11 is 0. The van der Waals surface area contributed by atoms with Crippen LogP contribution in [0.2, 0.25) is 0 Å². The predicted octanol–water partition coefficient (Wildman–Crippen LogP) is 3.11. The molecule has 1 aromatic heterocycles. The monoisotopic (exact) mass is 261 g/mol. The third-order valence-corrected chi connectivity index (χ3v) is 3.31. The van der Waals surface area contributed by atoms with Gasteiger partial charge in [-0.2, -0.15) is 5.10 Å². The molecule has 2 aromatic rings. The van der Waals surface area contributed by atoms with E-state index in [0.717, 1.165) is 24.2 Å². The van der Waals surface area contributed by atoms with Crippen molar-refractivity contribution in [2.45, 2.75) is 32.9 Å². The Morgan fingerprint density at radius 1 is 1.42 bits per heavy atom. The van der Waals surface area contributed by atoms with Crippen molar-refractivity contribution in [2.75, 3.05) is 0 Å². The van der Waals surface area contributed by atoms with Crippen molar-refractivity contribution in [3.05, 3.63) is 53.1 Å². The van der Waals surface area contributed by atoms with Crippen LogP contribution in [-0.4, -0.2) is 9.78 Å². The van der Waals surface area contributed by atoms with Gasteiger partial charge in [-0.1, -0.05) is 19.1 Å². The van der Waals surface area contributed by atoms with Crippen LogP contribution in [0.3, 0.4) is 0 Å². The highest BCUT2D eigenvalue weighted by atomic mass is 19.1. The Balaban J connectivity index is 2.06. The van der Waals surface area contributed by atoms with Gasteiger partial charge in [0.05, 0.1) is 5.69 Å². The SMILES string of the molecule is CCC(NCc1cn(C)nc1C)c1cccc(F)c1. The zero-order valence-corrected chi connectivity index (χ0v) is 11.7. The van der Waals surface area contributed by atoms with Crippen LogP contribution in [0.4, 0.5) is 4.39 Å². The van der Waals surface area contributed by atoms with Crippen molar-refractivity contribution in [1.82, 2.24) is 15.1 Å². The average Bonchev–Trinajstić information content (AvgIpc) is 2.69. The summed E-state index contributed by atoms with van der Waals surface area (Å²) in [7, 11) is 1.92. The summed E-state index contributed by atoms with van der Waals surface area (Å²) in [6, 6.07) is 6.94. The molecule has 0 aliphatic carbocycles. The van der Waals surface area contributed by atoms with Gasteiger partial charge in [-0.05, 0) is 31.0 Å². The van der Waals surface area contributed by atoms with Gasteiger partial charge < -0.3 is 5.32 Å². The van der Waals surface area contributed by atoms with E-state index in [9.17, 15) is 4.39 Å². The summed E-state index contributed by atoms with van der Waals surface area (Å²) in [5.74, 6) is -0.185. The van der Waals surface area contributed by atoms with Gasteiger partial charge in [0.1, 0.15) is 5.82 Å². The Bertz CT molecular complexity index is 548. The first-order valence-electron chi connectivity index (χ1n) is 6.58. The lowest BCUT2D eigenvalue weighted by Gasteiger charge is -2.17. The molecule has 1 aromatic carbocycles. The van der Waals surface area contributed by atoms with Crippen LogP contribution in [0.15, 0.2) is 30.5 Å². The van der Waals surface area contributed by atoms with Crippen molar-refractivity contribution in [3.8, 4) is 0 Å². The van der Waals surface area contributed by atoms with E-state index in [1.807, 2.05) is 30.9 Å². The zero-order valence-electron chi connectivity index (χ0n) is 11.7. The van der Waals surface area contributed by atoms with Gasteiger partial charge in [-0.3, -0.25) is 4.68 Å². The van der Waals surface area contributed by atoms with Crippen LogP contribution in [0, 0.1) is 12.7 Å². The third-order valence-electron chi connectivity index (χ3n) is 3.31. The van der Waals surface area contributed by atoms with E-state index in [4.69, 9.17) is 0 Å². The number of halogens is 1. The summed E-state index contributed by atoms with van der Waals surface area (Å²) in [4.78, 5) is 0. The molecule has 0 radical (unpaired) electrons. The molecule has 0 aliphatic rings. The number of hydrogen-bond donors (Lipinski definition) is 1. The van der Waals surface area contributed by atoms with Gasteiger partial charge in [0.15, 0.2) is 0 Å². The van der Waals surface area contributed by atoms with Gasteiger partial charge in [0.2, 0.25) is 0 Å². The number of hydrogen-bond acceptors (Lipinski definition) is 2. The fraction of sp³-hybridized carbons (Fsp3) is 0.400. The predicted molar refractivity (Wildman–Crippen MR) is 74.2 cm³/mol. The molecule has 1 unspecified atom stereocenters. The van der Waals surface area contributed by atoms with Crippen molar-refractivity contribution in [3.63, 3.8) is 0 Å². The molecule has 1 N–H and O–H groups in total. The minimum atomic E-state index is -0.185. The number of aryl methyl sites for hydroxylation is 2. The number of aromatic nitrogens is 2. The summed E-state index contributed by atoms with van der Waals surface area (Å²) in [6.07, 6.45) is 2.93. The van der Waals surface area contributed by atoms with Gasteiger partial charge in [-0.25, -0.2) is 4.39 Å². The zero-order chi connectivity index (χ0) is 13.8. The molecule has 3 nitrogen and oxygen atoms in total. The molecule has 2 rings (SSSR count). The van der Waals surface area contributed by atoms with E-state index >= 15 is 0 Å². The maximum absolute atomic E-state index is 13.3. The molecular formula is C15H20FN3. The van der Waals surface area contributed by atoms with Gasteiger partial charge in [0.25, 0.3) is 0 Å². The minimum Gasteiger partial charge on any atom is -0.306 e. The first-order valence-corrected chi connectivity index (χ1v) is 6.58. The van der Waals surface area contributed by atoms with Crippen molar-refractivity contribution in [2.24, 2.45) is 7.05 Å². The standard InChI is InChI=1S/C15H20FN3/c1-4-15(12-6-5-7-14(16)8-12)17-9-13-10-19(3)18-11(13)2/h5-8,10,15,17H,4,9H2,1-3H3. The van der Waals surface area contributed by atoms with Crippen LogP contribution in [0.1, 0.15) is 36.2 Å². The molecule has 0 fully saturated rings. The molecule has 4 heteroatoms. The van der Waals surface area contributed by atoms with Gasteiger partial charge >= 0.3 is 0 Å². The molecule has 0 aliphatic heterocycles. The van der Waals surface area contributed by atoms with E-state index in [2.05, 4.69) is 17.3 Å². The maximum Gasteiger partial charge on any atom is 0.123 e. The Morgan fingerprint density at radius 2 is 2.21 bits per heavy atom. The maximum atomic E-state index is 13.3. The molecule has 19 heavy (non-hydrogen) atoms. The summed E-state index contributed by atoms with van der Waals surface area (Å²) in [5, 5.41) is 7.78. The molecule has 0 spiro atoms. The van der Waals surface area contributed by atoms with E-state index in [1.165, 1.54) is 11.6 Å². The van der Waals surface area contributed by atoms with Crippen molar-refractivity contribution in [1.29, 1.82) is 0 Å². The highest BCUT2D eigenvalue weighted by Gasteiger charge is 2.11. The quantitative estimate of drug-likeness (QED) is 0.896. The number of nitrogens with one attached hydrogen (secondary N) is 1. The second-order valence-corrected chi connectivity index (χ2v) is 4.81. The molecule has 1 heterocycles. The lowest BCUT2D eigenvalue weighted by Crippen LogP contribution is -2.20. The highest BCUT2D eigenvalue weighted by Crippen LogP contribution is 2.18. The number of rotatable bonds is 5. The van der Waals surface area contributed by atoms with Crippen molar-refractivity contribution >= 4 is 0 Å². The highest BCUT2D eigenvalue weighted by molar-refractivity contribution is 5.21. The van der Waals surface area contributed by atoms with E-state index < -0.39 is 0 Å². The molecule has 0 saturated carbocycles. The van der Waals surface area contributed by atoms with Gasteiger partial charge in [-0.15, -0.1) is 0 Å². The molecule has 0 amide bonds. The fourth-order valence-corrected chi connectivity index (χ4v) is 2.28. The Morgan fingerprint density at radius 3 is 2.79 bits per heavy atom. The van der Waals surface area contributed by atoms with E-state index in [-0.39, 0.29) is 11.9 Å². The lowest BCUT2D eigenvalue weighted by molar-refractivity contribution is 0.513. The first kappa shape index (κ1) is 13.7. The lowest BCUT2D eigenvalue weighted by atomic mass is 10.0. The molecule has 0 bridgehead atoms. The van der Waals surface area contributed by atoms with Crippen LogP contribution in [0.25, 0.3) is 0 Å². The summed E-state index contributed by atoms with van der Waals surface area (Å²) in [5.41, 5.74) is 3.20. The smallest absolute Gasteiger partial charge is 0.123 e. The first-order chi connectivity index (χ1) is 9.10. The molecule has 0 saturated heterocycles. The second kappa shape index (κ2) is 5.97. The average molecular weight is 261 g/mol.